The number of amides is 1. The van der Waals surface area contributed by atoms with Crippen LogP contribution >= 0.6 is 0 Å². The Balaban J connectivity index is 1.94. The summed E-state index contributed by atoms with van der Waals surface area (Å²) in [6.45, 7) is 3.92. The molecule has 1 unspecified atom stereocenters. The molecule has 0 spiro atoms. The molecule has 1 aliphatic heterocycles. The molecule has 0 aliphatic carbocycles. The summed E-state index contributed by atoms with van der Waals surface area (Å²) in [4.78, 5) is 13.7. The molecule has 0 aromatic heterocycles. The third-order valence-corrected chi connectivity index (χ3v) is 4.03. The van der Waals surface area contributed by atoms with Crippen molar-refractivity contribution in [3.63, 3.8) is 0 Å². The third-order valence-electron chi connectivity index (χ3n) is 4.03. The van der Waals surface area contributed by atoms with E-state index in [1.54, 1.807) is 0 Å². The van der Waals surface area contributed by atoms with E-state index in [1.807, 2.05) is 4.90 Å². The molecule has 0 saturated carbocycles. The Bertz CT molecular complexity index is 237. The number of hydrogen-bond acceptors (Lipinski definition) is 2. The van der Waals surface area contributed by atoms with Crippen LogP contribution in [-0.4, -0.2) is 35.1 Å². The Labute approximate surface area is 118 Å². The zero-order chi connectivity index (χ0) is 13.9. The molecule has 1 aliphatic rings. The van der Waals surface area contributed by atoms with Gasteiger partial charge in [0.05, 0.1) is 0 Å². The van der Waals surface area contributed by atoms with Crippen LogP contribution in [-0.2, 0) is 4.79 Å². The van der Waals surface area contributed by atoms with Crippen molar-refractivity contribution < 1.29 is 9.90 Å². The summed E-state index contributed by atoms with van der Waals surface area (Å²) in [5.74, 6) is -0.0413. The largest absolute Gasteiger partial charge is 0.383 e. The molecule has 0 aromatic rings. The maximum atomic E-state index is 11.9. The first kappa shape index (κ1) is 16.5. The van der Waals surface area contributed by atoms with Crippen LogP contribution in [0.5, 0.6) is 0 Å². The van der Waals surface area contributed by atoms with Crippen LogP contribution in [0, 0.1) is 0 Å². The number of hydrogen-bond donors (Lipinski definition) is 1. The average molecular weight is 269 g/mol. The van der Waals surface area contributed by atoms with Crippen LogP contribution < -0.4 is 0 Å². The minimum Gasteiger partial charge on any atom is -0.383 e. The standard InChI is InChI=1S/C16H31NO2/c1-2-3-4-5-6-7-8-9-12-15(18)16(19)17-13-10-11-14-17/h15,18H,2-14H2,1H3. The van der Waals surface area contributed by atoms with Gasteiger partial charge in [0.1, 0.15) is 6.10 Å². The number of nitrogens with zero attached hydrogens (tertiary/aromatic N) is 1. The molecule has 1 heterocycles. The van der Waals surface area contributed by atoms with Gasteiger partial charge in [0, 0.05) is 13.1 Å². The fourth-order valence-corrected chi connectivity index (χ4v) is 2.74. The minimum absolute atomic E-state index is 0.0413. The fraction of sp³-hybridized carbons (Fsp3) is 0.938. The van der Waals surface area contributed by atoms with Gasteiger partial charge < -0.3 is 10.0 Å². The van der Waals surface area contributed by atoms with Crippen molar-refractivity contribution in [2.24, 2.45) is 0 Å². The van der Waals surface area contributed by atoms with Gasteiger partial charge in [-0.3, -0.25) is 4.79 Å². The van der Waals surface area contributed by atoms with Gasteiger partial charge in [-0.05, 0) is 19.3 Å². The molecule has 3 heteroatoms. The molecule has 0 radical (unpaired) electrons. The van der Waals surface area contributed by atoms with Crippen molar-refractivity contribution >= 4 is 5.91 Å². The molecular weight excluding hydrogens is 238 g/mol. The van der Waals surface area contributed by atoms with Crippen molar-refractivity contribution in [1.29, 1.82) is 0 Å². The summed E-state index contributed by atoms with van der Waals surface area (Å²) in [5.41, 5.74) is 0. The number of carbonyl (C=O) groups excluding carboxylic acids is 1. The van der Waals surface area contributed by atoms with Crippen LogP contribution in [0.4, 0.5) is 0 Å². The predicted octanol–water partition coefficient (Wildman–Crippen LogP) is 3.50. The van der Waals surface area contributed by atoms with Crippen molar-refractivity contribution in [3.05, 3.63) is 0 Å². The van der Waals surface area contributed by atoms with Crippen molar-refractivity contribution in [2.75, 3.05) is 13.1 Å². The van der Waals surface area contributed by atoms with Gasteiger partial charge in [-0.2, -0.15) is 0 Å². The second-order valence-corrected chi connectivity index (χ2v) is 5.81. The van der Waals surface area contributed by atoms with Gasteiger partial charge in [0.15, 0.2) is 0 Å². The van der Waals surface area contributed by atoms with Gasteiger partial charge in [-0.1, -0.05) is 58.3 Å². The molecule has 1 rings (SSSR count). The lowest BCUT2D eigenvalue weighted by Crippen LogP contribution is -2.37. The Morgan fingerprint density at radius 2 is 1.53 bits per heavy atom. The summed E-state index contributed by atoms with van der Waals surface area (Å²) >= 11 is 0. The first-order valence-corrected chi connectivity index (χ1v) is 8.22. The van der Waals surface area contributed by atoms with Crippen LogP contribution in [0.15, 0.2) is 0 Å². The van der Waals surface area contributed by atoms with Gasteiger partial charge in [0.2, 0.25) is 0 Å². The average Bonchev–Trinajstić information content (AvgIpc) is 2.94. The maximum absolute atomic E-state index is 11.9. The van der Waals surface area contributed by atoms with Gasteiger partial charge in [-0.25, -0.2) is 0 Å². The molecule has 1 saturated heterocycles. The topological polar surface area (TPSA) is 40.5 Å². The summed E-state index contributed by atoms with van der Waals surface area (Å²) in [6, 6.07) is 0. The molecule has 1 amide bonds. The summed E-state index contributed by atoms with van der Waals surface area (Å²) < 4.78 is 0. The van der Waals surface area contributed by atoms with Gasteiger partial charge >= 0.3 is 0 Å². The normalized spacial score (nSPS) is 16.8. The van der Waals surface area contributed by atoms with Crippen molar-refractivity contribution in [3.8, 4) is 0 Å². The van der Waals surface area contributed by atoms with E-state index < -0.39 is 6.10 Å². The monoisotopic (exact) mass is 269 g/mol. The SMILES string of the molecule is CCCCCCCCCCC(O)C(=O)N1CCCC1. The quantitative estimate of drug-likeness (QED) is 0.617. The highest BCUT2D eigenvalue weighted by molar-refractivity contribution is 5.80. The molecule has 112 valence electrons. The van der Waals surface area contributed by atoms with Crippen molar-refractivity contribution in [2.45, 2.75) is 83.7 Å². The number of aliphatic hydroxyl groups excluding tert-OH is 1. The first-order chi connectivity index (χ1) is 9.25. The molecule has 0 aromatic carbocycles. The number of rotatable bonds is 10. The predicted molar refractivity (Wildman–Crippen MR) is 79.0 cm³/mol. The summed E-state index contributed by atoms with van der Waals surface area (Å²) in [7, 11) is 0. The van der Waals surface area contributed by atoms with E-state index in [0.717, 1.165) is 38.8 Å². The number of likely N-dealkylation sites (tertiary alicyclic amines) is 1. The van der Waals surface area contributed by atoms with E-state index in [2.05, 4.69) is 6.92 Å². The van der Waals surface area contributed by atoms with E-state index in [4.69, 9.17) is 0 Å². The highest BCUT2D eigenvalue weighted by Crippen LogP contribution is 2.14. The number of unbranched alkanes of at least 4 members (excludes halogenated alkanes) is 7. The first-order valence-electron chi connectivity index (χ1n) is 8.22. The highest BCUT2D eigenvalue weighted by atomic mass is 16.3. The fourth-order valence-electron chi connectivity index (χ4n) is 2.74. The summed E-state index contributed by atoms with van der Waals surface area (Å²) in [5, 5.41) is 9.86. The van der Waals surface area contributed by atoms with Crippen LogP contribution in [0.3, 0.4) is 0 Å². The molecular formula is C16H31NO2. The second kappa shape index (κ2) is 10.2. The Kier molecular flexibility index (Phi) is 8.89. The maximum Gasteiger partial charge on any atom is 0.251 e. The molecule has 1 N–H and O–H groups in total. The lowest BCUT2D eigenvalue weighted by molar-refractivity contribution is -0.139. The lowest BCUT2D eigenvalue weighted by atomic mass is 10.1. The van der Waals surface area contributed by atoms with Crippen LogP contribution in [0.1, 0.15) is 77.6 Å². The van der Waals surface area contributed by atoms with Gasteiger partial charge in [-0.15, -0.1) is 0 Å². The summed E-state index contributed by atoms with van der Waals surface area (Å²) in [6.07, 6.45) is 12.1. The van der Waals surface area contributed by atoms with E-state index in [-0.39, 0.29) is 5.91 Å². The third kappa shape index (κ3) is 6.95. The van der Waals surface area contributed by atoms with E-state index in [1.165, 1.54) is 38.5 Å². The Hall–Kier alpha value is -0.570. The van der Waals surface area contributed by atoms with E-state index in [9.17, 15) is 9.90 Å². The van der Waals surface area contributed by atoms with Crippen molar-refractivity contribution in [1.82, 2.24) is 4.90 Å². The lowest BCUT2D eigenvalue weighted by Gasteiger charge is -2.19. The Morgan fingerprint density at radius 3 is 2.11 bits per heavy atom. The van der Waals surface area contributed by atoms with Crippen LogP contribution in [0.25, 0.3) is 0 Å². The molecule has 0 bridgehead atoms. The Morgan fingerprint density at radius 1 is 1.00 bits per heavy atom. The number of aliphatic hydroxyl groups is 1. The molecule has 3 nitrogen and oxygen atoms in total. The zero-order valence-electron chi connectivity index (χ0n) is 12.6. The molecule has 1 atom stereocenters. The smallest absolute Gasteiger partial charge is 0.251 e. The minimum atomic E-state index is -0.752. The van der Waals surface area contributed by atoms with Gasteiger partial charge in [0.25, 0.3) is 5.91 Å². The molecule has 19 heavy (non-hydrogen) atoms. The van der Waals surface area contributed by atoms with Crippen LogP contribution in [0.2, 0.25) is 0 Å². The van der Waals surface area contributed by atoms with E-state index >= 15 is 0 Å². The second-order valence-electron chi connectivity index (χ2n) is 5.81. The molecule has 1 fully saturated rings. The van der Waals surface area contributed by atoms with E-state index in [0.29, 0.717) is 6.42 Å². The highest BCUT2D eigenvalue weighted by Gasteiger charge is 2.23. The zero-order valence-corrected chi connectivity index (χ0v) is 12.6. The number of carbonyl (C=O) groups is 1.